The van der Waals surface area contributed by atoms with Gasteiger partial charge in [-0.15, -0.1) is 11.3 Å². The summed E-state index contributed by atoms with van der Waals surface area (Å²) in [6, 6.07) is 15.0. The fourth-order valence-electron chi connectivity index (χ4n) is 3.47. The second-order valence-electron chi connectivity index (χ2n) is 7.02. The number of amides is 1. The number of nitrogens with zero attached hydrogens (tertiary/aromatic N) is 2. The van der Waals surface area contributed by atoms with Gasteiger partial charge in [-0.2, -0.15) is 5.10 Å². The van der Waals surface area contributed by atoms with Crippen molar-refractivity contribution in [3.8, 4) is 22.8 Å². The number of methoxy groups -OCH3 is 2. The summed E-state index contributed by atoms with van der Waals surface area (Å²) in [4.78, 5) is 12.8. The van der Waals surface area contributed by atoms with Gasteiger partial charge in [0.25, 0.3) is 5.91 Å². The Labute approximate surface area is 183 Å². The van der Waals surface area contributed by atoms with Crippen molar-refractivity contribution in [1.82, 2.24) is 15.1 Å². The number of thiophene rings is 1. The summed E-state index contributed by atoms with van der Waals surface area (Å²) in [5.74, 6) is 0.978. The number of fused-ring (bicyclic) bond motifs is 1. The van der Waals surface area contributed by atoms with Crippen molar-refractivity contribution in [2.45, 2.75) is 6.10 Å². The van der Waals surface area contributed by atoms with Crippen LogP contribution >= 0.6 is 11.3 Å². The SMILES string of the molecule is COc1ccc(OC)c(-c2cc(C(=O)NCC(O)c3csc4ccccc34)n(C)n2)c1. The molecule has 2 aromatic heterocycles. The first-order valence-corrected chi connectivity index (χ1v) is 10.6. The van der Waals surface area contributed by atoms with Gasteiger partial charge in [-0.05, 0) is 41.1 Å². The predicted molar refractivity (Wildman–Crippen MR) is 121 cm³/mol. The molecule has 0 bridgehead atoms. The van der Waals surface area contributed by atoms with Crippen molar-refractivity contribution in [1.29, 1.82) is 0 Å². The zero-order chi connectivity index (χ0) is 22.0. The number of carbonyl (C=O) groups excluding carboxylic acids is 1. The molecule has 8 heteroatoms. The van der Waals surface area contributed by atoms with Gasteiger partial charge in [-0.1, -0.05) is 18.2 Å². The standard InChI is InChI=1S/C23H23N3O4S/c1-26-19(11-18(25-26)16-10-14(29-2)8-9-21(16)30-3)23(28)24-12-20(27)17-13-31-22-7-5-4-6-15(17)22/h4-11,13,20,27H,12H2,1-3H3,(H,24,28). The van der Waals surface area contributed by atoms with E-state index in [9.17, 15) is 9.90 Å². The lowest BCUT2D eigenvalue weighted by Gasteiger charge is -2.11. The topological polar surface area (TPSA) is 85.6 Å². The second-order valence-corrected chi connectivity index (χ2v) is 7.93. The molecule has 0 aliphatic carbocycles. The molecule has 0 saturated heterocycles. The van der Waals surface area contributed by atoms with Crippen LogP contribution in [0.2, 0.25) is 0 Å². The number of aliphatic hydroxyl groups is 1. The Morgan fingerprint density at radius 3 is 2.77 bits per heavy atom. The Morgan fingerprint density at radius 1 is 1.19 bits per heavy atom. The van der Waals surface area contributed by atoms with E-state index in [1.165, 1.54) is 4.68 Å². The molecule has 2 N–H and O–H groups in total. The van der Waals surface area contributed by atoms with E-state index in [0.717, 1.165) is 21.2 Å². The fourth-order valence-corrected chi connectivity index (χ4v) is 4.48. The number of nitrogens with one attached hydrogen (secondary N) is 1. The molecule has 2 aromatic carbocycles. The highest BCUT2D eigenvalue weighted by atomic mass is 32.1. The summed E-state index contributed by atoms with van der Waals surface area (Å²) in [5, 5.41) is 20.8. The van der Waals surface area contributed by atoms with Crippen LogP contribution in [0.3, 0.4) is 0 Å². The van der Waals surface area contributed by atoms with Crippen LogP contribution in [0, 0.1) is 0 Å². The van der Waals surface area contributed by atoms with Crippen molar-refractivity contribution >= 4 is 27.3 Å². The van der Waals surface area contributed by atoms with Gasteiger partial charge in [0.15, 0.2) is 0 Å². The van der Waals surface area contributed by atoms with E-state index in [1.807, 2.05) is 35.7 Å². The zero-order valence-corrected chi connectivity index (χ0v) is 18.3. The Balaban J connectivity index is 1.52. The van der Waals surface area contributed by atoms with E-state index < -0.39 is 6.10 Å². The number of aliphatic hydroxyl groups excluding tert-OH is 1. The number of hydrogen-bond donors (Lipinski definition) is 2. The van der Waals surface area contributed by atoms with Crippen molar-refractivity contribution in [3.05, 3.63) is 65.2 Å². The minimum atomic E-state index is -0.800. The molecule has 31 heavy (non-hydrogen) atoms. The lowest BCUT2D eigenvalue weighted by molar-refractivity contribution is 0.0908. The van der Waals surface area contributed by atoms with E-state index >= 15 is 0 Å². The quantitative estimate of drug-likeness (QED) is 0.460. The smallest absolute Gasteiger partial charge is 0.269 e. The lowest BCUT2D eigenvalue weighted by atomic mass is 10.1. The third-order valence-corrected chi connectivity index (χ3v) is 6.10. The number of aryl methyl sites for hydroxylation is 1. The average molecular weight is 438 g/mol. The van der Waals surface area contributed by atoms with Crippen molar-refractivity contribution < 1.29 is 19.4 Å². The zero-order valence-electron chi connectivity index (χ0n) is 17.5. The van der Waals surface area contributed by atoms with Gasteiger partial charge in [0, 0.05) is 29.4 Å². The predicted octanol–water partition coefficient (Wildman–Crippen LogP) is 3.78. The number of carbonyl (C=O) groups is 1. The number of rotatable bonds is 7. The molecule has 0 spiro atoms. The monoisotopic (exact) mass is 437 g/mol. The Hall–Kier alpha value is -3.36. The number of benzene rings is 2. The van der Waals surface area contributed by atoms with Gasteiger partial charge in [-0.25, -0.2) is 0 Å². The minimum Gasteiger partial charge on any atom is -0.497 e. The van der Waals surface area contributed by atoms with E-state index in [4.69, 9.17) is 9.47 Å². The van der Waals surface area contributed by atoms with E-state index in [1.54, 1.807) is 50.8 Å². The van der Waals surface area contributed by atoms with Crippen LogP contribution in [0.15, 0.2) is 53.9 Å². The molecular formula is C23H23N3O4S. The van der Waals surface area contributed by atoms with E-state index in [-0.39, 0.29) is 12.5 Å². The number of aromatic nitrogens is 2. The van der Waals surface area contributed by atoms with Crippen LogP contribution in [0.25, 0.3) is 21.3 Å². The number of ether oxygens (including phenoxy) is 2. The van der Waals surface area contributed by atoms with Crippen LogP contribution in [0.1, 0.15) is 22.2 Å². The second kappa shape index (κ2) is 8.79. The maximum atomic E-state index is 12.8. The Morgan fingerprint density at radius 2 is 2.00 bits per heavy atom. The molecule has 4 aromatic rings. The Bertz CT molecular complexity index is 1230. The average Bonchev–Trinajstić information content (AvgIpc) is 3.40. The molecule has 0 aliphatic rings. The first-order valence-electron chi connectivity index (χ1n) is 9.70. The van der Waals surface area contributed by atoms with Crippen molar-refractivity contribution in [2.75, 3.05) is 20.8 Å². The van der Waals surface area contributed by atoms with Crippen molar-refractivity contribution in [3.63, 3.8) is 0 Å². The molecule has 2 heterocycles. The van der Waals surface area contributed by atoms with Gasteiger partial charge < -0.3 is 19.9 Å². The highest BCUT2D eigenvalue weighted by Gasteiger charge is 2.19. The number of hydrogen-bond acceptors (Lipinski definition) is 6. The summed E-state index contributed by atoms with van der Waals surface area (Å²) in [5.41, 5.74) is 2.50. The third kappa shape index (κ3) is 4.12. The van der Waals surface area contributed by atoms with E-state index in [0.29, 0.717) is 22.9 Å². The van der Waals surface area contributed by atoms with E-state index in [2.05, 4.69) is 10.4 Å². The molecule has 0 aliphatic heterocycles. The maximum absolute atomic E-state index is 12.8. The first kappa shape index (κ1) is 20.9. The molecule has 0 fully saturated rings. The summed E-state index contributed by atoms with van der Waals surface area (Å²) >= 11 is 1.57. The van der Waals surface area contributed by atoms with Gasteiger partial charge in [0.2, 0.25) is 0 Å². The lowest BCUT2D eigenvalue weighted by Crippen LogP contribution is -2.29. The summed E-state index contributed by atoms with van der Waals surface area (Å²) in [7, 11) is 4.87. The highest BCUT2D eigenvalue weighted by Crippen LogP contribution is 2.33. The molecule has 4 rings (SSSR count). The van der Waals surface area contributed by atoms with Crippen LogP contribution in [0.5, 0.6) is 11.5 Å². The summed E-state index contributed by atoms with van der Waals surface area (Å²) in [6.07, 6.45) is -0.800. The largest absolute Gasteiger partial charge is 0.497 e. The summed E-state index contributed by atoms with van der Waals surface area (Å²) < 4.78 is 13.3. The fraction of sp³-hybridized carbons (Fsp3) is 0.217. The van der Waals surface area contributed by atoms with Crippen LogP contribution in [-0.4, -0.2) is 41.6 Å². The first-order chi connectivity index (χ1) is 15.0. The maximum Gasteiger partial charge on any atom is 0.269 e. The van der Waals surface area contributed by atoms with Crippen LogP contribution in [-0.2, 0) is 7.05 Å². The molecule has 0 radical (unpaired) electrons. The van der Waals surface area contributed by atoms with Gasteiger partial charge in [0.05, 0.1) is 26.0 Å². The molecule has 1 amide bonds. The molecular weight excluding hydrogens is 414 g/mol. The van der Waals surface area contributed by atoms with Gasteiger partial charge in [-0.3, -0.25) is 9.48 Å². The van der Waals surface area contributed by atoms with Gasteiger partial charge in [0.1, 0.15) is 17.2 Å². The van der Waals surface area contributed by atoms with Crippen LogP contribution < -0.4 is 14.8 Å². The highest BCUT2D eigenvalue weighted by molar-refractivity contribution is 7.17. The normalized spacial score (nSPS) is 12.0. The minimum absolute atomic E-state index is 0.0998. The van der Waals surface area contributed by atoms with Crippen molar-refractivity contribution in [2.24, 2.45) is 7.05 Å². The molecule has 1 atom stereocenters. The third-order valence-electron chi connectivity index (χ3n) is 5.12. The molecule has 7 nitrogen and oxygen atoms in total. The molecule has 160 valence electrons. The summed E-state index contributed by atoms with van der Waals surface area (Å²) in [6.45, 7) is 0.0998. The molecule has 0 saturated carbocycles. The van der Waals surface area contributed by atoms with Crippen LogP contribution in [0.4, 0.5) is 0 Å². The molecule has 1 unspecified atom stereocenters. The van der Waals surface area contributed by atoms with Gasteiger partial charge >= 0.3 is 0 Å². The Kier molecular flexibility index (Phi) is 5.92.